The van der Waals surface area contributed by atoms with Crippen molar-refractivity contribution in [3.05, 3.63) is 84.2 Å². The van der Waals surface area contributed by atoms with Crippen LogP contribution >= 0.6 is 12.4 Å². The van der Waals surface area contributed by atoms with E-state index < -0.39 is 52.5 Å². The molecule has 1 aliphatic heterocycles. The quantitative estimate of drug-likeness (QED) is 0.197. The van der Waals surface area contributed by atoms with Crippen molar-refractivity contribution in [2.75, 3.05) is 35.9 Å². The molecule has 0 saturated carbocycles. The number of nitrogens with zero attached hydrogens (tertiary/aromatic N) is 2. The van der Waals surface area contributed by atoms with Gasteiger partial charge in [-0.25, -0.2) is 17.6 Å². The predicted octanol–water partition coefficient (Wildman–Crippen LogP) is 7.74. The smallest absolute Gasteiger partial charge is 0.457 e. The molecule has 2 amide bonds. The fraction of sp³-hybridized carbons (Fsp3) is 0.367. The van der Waals surface area contributed by atoms with E-state index in [0.29, 0.717) is 23.7 Å². The number of sulfonamides is 1. The van der Waals surface area contributed by atoms with Crippen LogP contribution in [-0.4, -0.2) is 74.2 Å². The van der Waals surface area contributed by atoms with Gasteiger partial charge in [-0.15, -0.1) is 12.4 Å². The average Bonchev–Trinajstić information content (AvgIpc) is 2.98. The van der Waals surface area contributed by atoms with E-state index in [9.17, 15) is 48.3 Å². The molecule has 8 nitrogen and oxygen atoms in total. The van der Waals surface area contributed by atoms with Crippen LogP contribution in [0.15, 0.2) is 72.8 Å². The Morgan fingerprint density at radius 2 is 1.35 bits per heavy atom. The Morgan fingerprint density at radius 1 is 0.854 bits per heavy atom. The highest BCUT2D eigenvalue weighted by molar-refractivity contribution is 7.92. The third-order valence-electron chi connectivity index (χ3n) is 7.26. The zero-order valence-electron chi connectivity index (χ0n) is 25.1. The summed E-state index contributed by atoms with van der Waals surface area (Å²) < 4.78 is 139. The van der Waals surface area contributed by atoms with E-state index in [1.54, 1.807) is 36.4 Å². The van der Waals surface area contributed by atoms with Crippen LogP contribution in [0.4, 0.5) is 51.3 Å². The molecule has 264 valence electrons. The van der Waals surface area contributed by atoms with Gasteiger partial charge in [0.05, 0.1) is 12.8 Å². The van der Waals surface area contributed by atoms with Crippen LogP contribution in [0.25, 0.3) is 0 Å². The van der Waals surface area contributed by atoms with Crippen molar-refractivity contribution >= 4 is 39.8 Å². The minimum absolute atomic E-state index is 0. The number of amides is 2. The maximum Gasteiger partial charge on any atom is 0.459 e. The fourth-order valence-electron chi connectivity index (χ4n) is 4.87. The molecule has 1 fully saturated rings. The van der Waals surface area contributed by atoms with Crippen molar-refractivity contribution in [1.29, 1.82) is 0 Å². The molecule has 48 heavy (non-hydrogen) atoms. The van der Waals surface area contributed by atoms with Crippen molar-refractivity contribution in [3.63, 3.8) is 0 Å². The lowest BCUT2D eigenvalue weighted by Crippen LogP contribution is -2.60. The van der Waals surface area contributed by atoms with Crippen LogP contribution in [0.1, 0.15) is 18.4 Å². The Hall–Kier alpha value is -3.83. The molecular weight excluding hydrogens is 700 g/mol. The summed E-state index contributed by atoms with van der Waals surface area (Å²) in [5, 5.41) is 2.17. The summed E-state index contributed by atoms with van der Waals surface area (Å²) in [6.45, 7) is -1.41. The number of halogens is 9. The Labute approximate surface area is 277 Å². The molecular formula is C30H31ClF8N4O4S. The fourth-order valence-corrected chi connectivity index (χ4v) is 5.43. The molecule has 18 heteroatoms. The number of urea groups is 1. The number of benzene rings is 3. The highest BCUT2D eigenvalue weighted by Gasteiger charge is 2.73. The molecule has 0 aromatic heterocycles. The summed E-state index contributed by atoms with van der Waals surface area (Å²) in [7, 11) is -3.43. The molecule has 0 aliphatic carbocycles. The molecule has 0 unspecified atom stereocenters. The van der Waals surface area contributed by atoms with Crippen molar-refractivity contribution in [3.8, 4) is 11.5 Å². The minimum atomic E-state index is -6.55. The first kappa shape index (κ1) is 38.6. The second-order valence-corrected chi connectivity index (χ2v) is 12.7. The highest BCUT2D eigenvalue weighted by Crippen LogP contribution is 2.47. The van der Waals surface area contributed by atoms with Gasteiger partial charge >= 0.3 is 24.1 Å². The summed E-state index contributed by atoms with van der Waals surface area (Å²) in [5.74, 6) is -11.8. The largest absolute Gasteiger partial charge is 0.459 e. The van der Waals surface area contributed by atoms with Gasteiger partial charge in [0.2, 0.25) is 10.0 Å². The minimum Gasteiger partial charge on any atom is -0.457 e. The molecule has 0 radical (unpaired) electrons. The third kappa shape index (κ3) is 10.1. The molecule has 1 aliphatic rings. The van der Waals surface area contributed by atoms with Gasteiger partial charge in [-0.1, -0.05) is 12.1 Å². The number of nitrogens with one attached hydrogen (secondary N) is 2. The molecule has 3 aromatic carbocycles. The number of rotatable bonds is 11. The van der Waals surface area contributed by atoms with Gasteiger partial charge in [0, 0.05) is 37.1 Å². The summed E-state index contributed by atoms with van der Waals surface area (Å²) >= 11 is 0. The van der Waals surface area contributed by atoms with Gasteiger partial charge in [-0.2, -0.15) is 30.7 Å². The molecule has 4 rings (SSSR count). The summed E-state index contributed by atoms with van der Waals surface area (Å²) in [6.07, 6.45) is -5.53. The summed E-state index contributed by atoms with van der Waals surface area (Å²) in [4.78, 5) is 15.2. The zero-order valence-corrected chi connectivity index (χ0v) is 26.7. The number of hydrogen-bond acceptors (Lipinski definition) is 5. The monoisotopic (exact) mass is 730 g/mol. The lowest BCUT2D eigenvalue weighted by Gasteiger charge is -2.41. The second kappa shape index (κ2) is 15.2. The van der Waals surface area contributed by atoms with Crippen LogP contribution in [0.2, 0.25) is 0 Å². The SMILES string of the molecule is CS(=O)(=O)Nc1ccc(Oc2ccc(CN3CCC(N(CC(F)(F)C(F)(F)C(F)(F)F)C(=O)Nc4ccc(F)cc4)CC3)cc2)cc1.Cl. The summed E-state index contributed by atoms with van der Waals surface area (Å²) in [6, 6.07) is 14.8. The Bertz CT molecular complexity index is 1620. The lowest BCUT2D eigenvalue weighted by molar-refractivity contribution is -0.355. The zero-order chi connectivity index (χ0) is 34.6. The van der Waals surface area contributed by atoms with E-state index in [0.717, 1.165) is 36.1 Å². The molecule has 1 saturated heterocycles. The van der Waals surface area contributed by atoms with Crippen LogP contribution in [0, 0.1) is 5.82 Å². The number of anilines is 2. The number of ether oxygens (including phenoxy) is 1. The number of piperidine rings is 1. The topological polar surface area (TPSA) is 91.0 Å². The normalized spacial score (nSPS) is 14.9. The van der Waals surface area contributed by atoms with Gasteiger partial charge in [-0.05, 0) is 79.1 Å². The first-order chi connectivity index (χ1) is 21.8. The van der Waals surface area contributed by atoms with Gasteiger partial charge in [0.1, 0.15) is 17.3 Å². The lowest BCUT2D eigenvalue weighted by atomic mass is 10.0. The Morgan fingerprint density at radius 3 is 1.85 bits per heavy atom. The van der Waals surface area contributed by atoms with Crippen molar-refractivity contribution < 1.29 is 53.1 Å². The van der Waals surface area contributed by atoms with E-state index in [-0.39, 0.29) is 48.9 Å². The molecule has 0 bridgehead atoms. The van der Waals surface area contributed by atoms with E-state index in [4.69, 9.17) is 4.74 Å². The van der Waals surface area contributed by atoms with Crippen molar-refractivity contribution in [1.82, 2.24) is 9.80 Å². The van der Waals surface area contributed by atoms with Gasteiger partial charge in [0.25, 0.3) is 0 Å². The van der Waals surface area contributed by atoms with Gasteiger partial charge < -0.3 is 15.0 Å². The molecule has 2 N–H and O–H groups in total. The number of alkyl halides is 7. The Kier molecular flexibility index (Phi) is 12.2. The first-order valence-corrected chi connectivity index (χ1v) is 15.9. The standard InChI is InChI=1S/C30H30F8N4O4S.ClH/c1-47(44,45)40-23-8-12-26(13-9-23)46-25-10-2-20(3-11-25)18-41-16-14-24(15-17-41)42(19-28(32,33)29(34,35)30(36,37)38)27(43)39-22-6-4-21(31)5-7-22;/h2-13,24,40H,14-19H2,1H3,(H,39,43);1H. The van der Waals surface area contributed by atoms with Crippen LogP contribution < -0.4 is 14.8 Å². The Balaban J connectivity index is 0.00000625. The molecule has 0 atom stereocenters. The van der Waals surface area contributed by atoms with Crippen LogP contribution in [-0.2, 0) is 16.6 Å². The van der Waals surface area contributed by atoms with E-state index in [1.807, 2.05) is 4.90 Å². The number of likely N-dealkylation sites (tertiary alicyclic amines) is 1. The predicted molar refractivity (Wildman–Crippen MR) is 165 cm³/mol. The average molecular weight is 731 g/mol. The molecule has 3 aromatic rings. The summed E-state index contributed by atoms with van der Waals surface area (Å²) in [5.41, 5.74) is 1.12. The van der Waals surface area contributed by atoms with E-state index >= 15 is 0 Å². The van der Waals surface area contributed by atoms with E-state index in [2.05, 4.69) is 10.0 Å². The van der Waals surface area contributed by atoms with Crippen molar-refractivity contribution in [2.45, 2.75) is 43.4 Å². The van der Waals surface area contributed by atoms with E-state index in [1.165, 1.54) is 12.1 Å². The second-order valence-electron chi connectivity index (χ2n) is 11.0. The third-order valence-corrected chi connectivity index (χ3v) is 7.87. The van der Waals surface area contributed by atoms with Gasteiger partial charge in [0.15, 0.2) is 0 Å². The van der Waals surface area contributed by atoms with Crippen LogP contribution in [0.3, 0.4) is 0 Å². The van der Waals surface area contributed by atoms with Crippen molar-refractivity contribution in [2.24, 2.45) is 0 Å². The maximum atomic E-state index is 14.5. The molecule has 1 heterocycles. The van der Waals surface area contributed by atoms with Crippen LogP contribution in [0.5, 0.6) is 11.5 Å². The number of hydrogen-bond donors (Lipinski definition) is 2. The number of carbonyl (C=O) groups is 1. The molecule has 0 spiro atoms. The maximum absolute atomic E-state index is 14.5. The number of carbonyl (C=O) groups excluding carboxylic acids is 1. The first-order valence-electron chi connectivity index (χ1n) is 14.1. The highest BCUT2D eigenvalue weighted by atomic mass is 35.5. The van der Waals surface area contributed by atoms with Gasteiger partial charge in [-0.3, -0.25) is 9.62 Å².